The average Bonchev–Trinajstić information content (AvgIpc) is 3.28. The van der Waals surface area contributed by atoms with Crippen molar-refractivity contribution in [1.82, 2.24) is 34.6 Å². The fraction of sp³-hybridized carbons (Fsp3) is 0.474. The quantitative estimate of drug-likeness (QED) is 0.657. The molecule has 0 aliphatic rings. The molecule has 8 nitrogen and oxygen atoms in total. The van der Waals surface area contributed by atoms with Gasteiger partial charge in [0.15, 0.2) is 5.65 Å². The number of carbonyl (C=O) groups excluding carboxylic acids is 1. The number of likely N-dealkylation sites (N-methyl/N-ethyl adjacent to an activating group) is 1. The van der Waals surface area contributed by atoms with Crippen LogP contribution in [0.4, 0.5) is 0 Å². The molecule has 3 heterocycles. The van der Waals surface area contributed by atoms with Crippen molar-refractivity contribution in [3.05, 3.63) is 35.9 Å². The second kappa shape index (κ2) is 8.30. The lowest BCUT2D eigenvalue weighted by molar-refractivity contribution is 0.0950. The summed E-state index contributed by atoms with van der Waals surface area (Å²) in [6, 6.07) is 1.89. The standard InChI is InChI=1S/C19H27N7O/c1-5-24(6-2)11-10-21-19(27)15-12-22-26-17(8-9-20-18(15)26)16-13-25(7-3)23-14(16)4/h8-9,12-13H,5-7,10-11H2,1-4H3,(H,21,27). The summed E-state index contributed by atoms with van der Waals surface area (Å²) in [5, 5.41) is 11.9. The minimum absolute atomic E-state index is 0.150. The molecule has 3 aromatic rings. The fourth-order valence-corrected chi connectivity index (χ4v) is 3.15. The van der Waals surface area contributed by atoms with Crippen molar-refractivity contribution >= 4 is 11.6 Å². The van der Waals surface area contributed by atoms with Gasteiger partial charge in [0, 0.05) is 37.6 Å². The first-order chi connectivity index (χ1) is 13.1. The molecule has 0 saturated carbocycles. The highest BCUT2D eigenvalue weighted by Crippen LogP contribution is 2.23. The lowest BCUT2D eigenvalue weighted by atomic mass is 10.2. The smallest absolute Gasteiger partial charge is 0.256 e. The van der Waals surface area contributed by atoms with Crippen LogP contribution in [0.25, 0.3) is 16.9 Å². The third kappa shape index (κ3) is 3.85. The number of nitrogens with one attached hydrogen (secondary N) is 1. The summed E-state index contributed by atoms with van der Waals surface area (Å²) in [5.41, 5.74) is 3.82. The zero-order chi connectivity index (χ0) is 19.4. The predicted octanol–water partition coefficient (Wildman–Crippen LogP) is 1.99. The van der Waals surface area contributed by atoms with Crippen LogP contribution in [0, 0.1) is 6.92 Å². The number of hydrogen-bond acceptors (Lipinski definition) is 5. The molecule has 27 heavy (non-hydrogen) atoms. The van der Waals surface area contributed by atoms with Gasteiger partial charge in [0.2, 0.25) is 0 Å². The van der Waals surface area contributed by atoms with Gasteiger partial charge in [0.1, 0.15) is 5.56 Å². The Kier molecular flexibility index (Phi) is 5.85. The Labute approximate surface area is 159 Å². The first kappa shape index (κ1) is 19.0. The molecule has 0 aliphatic heterocycles. The van der Waals surface area contributed by atoms with Gasteiger partial charge < -0.3 is 10.2 Å². The maximum Gasteiger partial charge on any atom is 0.256 e. The molecular weight excluding hydrogens is 342 g/mol. The second-order valence-electron chi connectivity index (χ2n) is 6.39. The van der Waals surface area contributed by atoms with Crippen molar-refractivity contribution in [2.24, 2.45) is 0 Å². The lowest BCUT2D eigenvalue weighted by Crippen LogP contribution is -2.34. The van der Waals surface area contributed by atoms with E-state index in [0.29, 0.717) is 17.8 Å². The number of fused-ring (bicyclic) bond motifs is 1. The number of amides is 1. The Balaban J connectivity index is 1.85. The molecule has 0 saturated heterocycles. The van der Waals surface area contributed by atoms with E-state index in [4.69, 9.17) is 0 Å². The van der Waals surface area contributed by atoms with Crippen LogP contribution in [0.2, 0.25) is 0 Å². The molecule has 0 bridgehead atoms. The van der Waals surface area contributed by atoms with Crippen molar-refractivity contribution in [3.8, 4) is 11.3 Å². The van der Waals surface area contributed by atoms with Gasteiger partial charge in [-0.3, -0.25) is 9.48 Å². The summed E-state index contributed by atoms with van der Waals surface area (Å²) < 4.78 is 3.60. The largest absolute Gasteiger partial charge is 0.351 e. The van der Waals surface area contributed by atoms with Gasteiger partial charge in [0.05, 0.1) is 17.6 Å². The molecule has 0 spiro atoms. The molecule has 1 amide bonds. The minimum Gasteiger partial charge on any atom is -0.351 e. The molecule has 0 atom stereocenters. The third-order valence-electron chi connectivity index (χ3n) is 4.80. The molecule has 1 N–H and O–H groups in total. The van der Waals surface area contributed by atoms with Gasteiger partial charge in [-0.25, -0.2) is 9.50 Å². The van der Waals surface area contributed by atoms with Crippen molar-refractivity contribution in [1.29, 1.82) is 0 Å². The van der Waals surface area contributed by atoms with E-state index < -0.39 is 0 Å². The van der Waals surface area contributed by atoms with E-state index in [-0.39, 0.29) is 5.91 Å². The summed E-state index contributed by atoms with van der Waals surface area (Å²) >= 11 is 0. The van der Waals surface area contributed by atoms with Crippen molar-refractivity contribution in [2.75, 3.05) is 26.2 Å². The van der Waals surface area contributed by atoms with Crippen LogP contribution in [0.3, 0.4) is 0 Å². The molecule has 3 rings (SSSR count). The van der Waals surface area contributed by atoms with Crippen molar-refractivity contribution < 1.29 is 4.79 Å². The predicted molar refractivity (Wildman–Crippen MR) is 105 cm³/mol. The minimum atomic E-state index is -0.150. The highest BCUT2D eigenvalue weighted by molar-refractivity contribution is 5.99. The Hall–Kier alpha value is -2.74. The number of aryl methyl sites for hydroxylation is 2. The topological polar surface area (TPSA) is 80.4 Å². The Morgan fingerprint density at radius 1 is 1.26 bits per heavy atom. The Bertz CT molecular complexity index is 923. The highest BCUT2D eigenvalue weighted by atomic mass is 16.1. The summed E-state index contributed by atoms with van der Waals surface area (Å²) in [6.45, 7) is 12.4. The SMILES string of the molecule is CCN(CC)CCNC(=O)c1cnn2c(-c3cn(CC)nc3C)ccnc12. The van der Waals surface area contributed by atoms with Crippen LogP contribution in [0.5, 0.6) is 0 Å². The molecule has 0 aromatic carbocycles. The van der Waals surface area contributed by atoms with Crippen LogP contribution >= 0.6 is 0 Å². The van der Waals surface area contributed by atoms with Gasteiger partial charge in [-0.2, -0.15) is 10.2 Å². The second-order valence-corrected chi connectivity index (χ2v) is 6.39. The zero-order valence-electron chi connectivity index (χ0n) is 16.4. The number of carbonyl (C=O) groups is 1. The summed E-state index contributed by atoms with van der Waals surface area (Å²) in [4.78, 5) is 19.3. The van der Waals surface area contributed by atoms with Crippen molar-refractivity contribution in [3.63, 3.8) is 0 Å². The van der Waals surface area contributed by atoms with E-state index in [9.17, 15) is 4.79 Å². The Morgan fingerprint density at radius 3 is 2.70 bits per heavy atom. The number of aromatic nitrogens is 5. The monoisotopic (exact) mass is 369 g/mol. The first-order valence-electron chi connectivity index (χ1n) is 9.46. The van der Waals surface area contributed by atoms with E-state index in [2.05, 4.69) is 39.2 Å². The molecule has 3 aromatic heterocycles. The molecule has 8 heteroatoms. The van der Waals surface area contributed by atoms with Crippen molar-refractivity contribution in [2.45, 2.75) is 34.2 Å². The third-order valence-corrected chi connectivity index (χ3v) is 4.80. The van der Waals surface area contributed by atoms with E-state index >= 15 is 0 Å². The maximum absolute atomic E-state index is 12.6. The molecule has 0 radical (unpaired) electrons. The van der Waals surface area contributed by atoms with Crippen LogP contribution in [-0.2, 0) is 6.54 Å². The van der Waals surface area contributed by atoms with Crippen LogP contribution < -0.4 is 5.32 Å². The van der Waals surface area contributed by atoms with Crippen LogP contribution in [0.1, 0.15) is 36.8 Å². The van der Waals surface area contributed by atoms with Gasteiger partial charge in [-0.1, -0.05) is 13.8 Å². The molecule has 0 aliphatic carbocycles. The van der Waals surface area contributed by atoms with E-state index in [1.165, 1.54) is 0 Å². The summed E-state index contributed by atoms with van der Waals surface area (Å²) in [6.07, 6.45) is 5.29. The van der Waals surface area contributed by atoms with E-state index in [1.807, 2.05) is 30.8 Å². The Morgan fingerprint density at radius 2 is 2.04 bits per heavy atom. The van der Waals surface area contributed by atoms with E-state index in [0.717, 1.165) is 43.1 Å². The average molecular weight is 369 g/mol. The number of nitrogens with zero attached hydrogens (tertiary/aromatic N) is 6. The zero-order valence-corrected chi connectivity index (χ0v) is 16.4. The first-order valence-corrected chi connectivity index (χ1v) is 9.46. The van der Waals surface area contributed by atoms with E-state index in [1.54, 1.807) is 16.9 Å². The highest BCUT2D eigenvalue weighted by Gasteiger charge is 2.18. The maximum atomic E-state index is 12.6. The van der Waals surface area contributed by atoms with Crippen LogP contribution in [-0.4, -0.2) is 61.4 Å². The molecule has 0 unspecified atom stereocenters. The number of rotatable bonds is 8. The van der Waals surface area contributed by atoms with Gasteiger partial charge in [0.25, 0.3) is 5.91 Å². The van der Waals surface area contributed by atoms with Gasteiger partial charge in [-0.15, -0.1) is 0 Å². The molecule has 0 fully saturated rings. The van der Waals surface area contributed by atoms with Crippen LogP contribution in [0.15, 0.2) is 24.7 Å². The van der Waals surface area contributed by atoms with Gasteiger partial charge >= 0.3 is 0 Å². The molecular formula is C19H27N7O. The lowest BCUT2D eigenvalue weighted by Gasteiger charge is -2.17. The van der Waals surface area contributed by atoms with Gasteiger partial charge in [-0.05, 0) is 33.0 Å². The molecule has 144 valence electrons. The summed E-state index contributed by atoms with van der Waals surface area (Å²) in [5.74, 6) is -0.150. The normalized spacial score (nSPS) is 11.4. The fourth-order valence-electron chi connectivity index (χ4n) is 3.15. The number of hydrogen-bond donors (Lipinski definition) is 1. The summed E-state index contributed by atoms with van der Waals surface area (Å²) in [7, 11) is 0.